The fourth-order valence-corrected chi connectivity index (χ4v) is 3.12. The topological polar surface area (TPSA) is 32.3 Å². The van der Waals surface area contributed by atoms with Gasteiger partial charge in [0.2, 0.25) is 5.91 Å². The molecule has 1 saturated heterocycles. The molecule has 0 radical (unpaired) electrons. The van der Waals surface area contributed by atoms with Gasteiger partial charge in [-0.3, -0.25) is 10.1 Å². The van der Waals surface area contributed by atoms with Gasteiger partial charge in [0, 0.05) is 23.6 Å². The van der Waals surface area contributed by atoms with E-state index in [1.807, 2.05) is 24.0 Å². The number of rotatable bonds is 4. The molecular formula is C16H23BrN2O. The number of halogens is 1. The van der Waals surface area contributed by atoms with Crippen LogP contribution in [0, 0.1) is 0 Å². The van der Waals surface area contributed by atoms with Crippen molar-refractivity contribution in [3.8, 4) is 0 Å². The lowest BCUT2D eigenvalue weighted by atomic mass is 10.1. The lowest BCUT2D eigenvalue weighted by Gasteiger charge is -2.30. The summed E-state index contributed by atoms with van der Waals surface area (Å²) in [5, 5.41) is 3.41. The molecule has 110 valence electrons. The van der Waals surface area contributed by atoms with Crippen molar-refractivity contribution in [3.63, 3.8) is 0 Å². The molecule has 1 aromatic carbocycles. The van der Waals surface area contributed by atoms with E-state index >= 15 is 0 Å². The minimum absolute atomic E-state index is 0.137. The van der Waals surface area contributed by atoms with Crippen molar-refractivity contribution in [2.75, 3.05) is 13.1 Å². The van der Waals surface area contributed by atoms with Crippen LogP contribution >= 0.6 is 15.9 Å². The average Bonchev–Trinajstić information content (AvgIpc) is 2.47. The highest BCUT2D eigenvalue weighted by molar-refractivity contribution is 9.10. The summed E-state index contributed by atoms with van der Waals surface area (Å²) in [5.41, 5.74) is 1.19. The molecule has 1 aromatic rings. The van der Waals surface area contributed by atoms with Gasteiger partial charge in [0.25, 0.3) is 0 Å². The zero-order valence-electron chi connectivity index (χ0n) is 12.2. The maximum Gasteiger partial charge on any atom is 0.239 e. The molecule has 0 aromatic heterocycles. The second-order valence-electron chi connectivity index (χ2n) is 5.55. The molecule has 2 atom stereocenters. The molecule has 20 heavy (non-hydrogen) atoms. The highest BCUT2D eigenvalue weighted by Crippen LogP contribution is 2.19. The molecule has 0 bridgehead atoms. The molecule has 1 aliphatic rings. The van der Waals surface area contributed by atoms with Gasteiger partial charge in [-0.15, -0.1) is 0 Å². The second kappa shape index (κ2) is 7.23. The quantitative estimate of drug-likeness (QED) is 0.911. The van der Waals surface area contributed by atoms with E-state index < -0.39 is 0 Å². The lowest BCUT2D eigenvalue weighted by Crippen LogP contribution is -2.47. The van der Waals surface area contributed by atoms with E-state index in [2.05, 4.69) is 40.3 Å². The number of hydrogen-bond donors (Lipinski definition) is 1. The van der Waals surface area contributed by atoms with Gasteiger partial charge in [-0.2, -0.15) is 0 Å². The Balaban J connectivity index is 1.92. The van der Waals surface area contributed by atoms with Crippen LogP contribution in [-0.4, -0.2) is 29.9 Å². The number of piperidine rings is 1. The van der Waals surface area contributed by atoms with Gasteiger partial charge in [0.15, 0.2) is 0 Å². The predicted octanol–water partition coefficient (Wildman–Crippen LogP) is 3.50. The maximum atomic E-state index is 12.4. The Morgan fingerprint density at radius 1 is 1.25 bits per heavy atom. The number of hydrogen-bond acceptors (Lipinski definition) is 2. The molecule has 1 fully saturated rings. The zero-order valence-corrected chi connectivity index (χ0v) is 13.8. The molecule has 4 heteroatoms. The molecule has 1 amide bonds. The molecule has 0 saturated carbocycles. The van der Waals surface area contributed by atoms with E-state index in [9.17, 15) is 4.79 Å². The molecular weight excluding hydrogens is 316 g/mol. The fourth-order valence-electron chi connectivity index (χ4n) is 2.71. The molecule has 1 unspecified atom stereocenters. The zero-order chi connectivity index (χ0) is 14.5. The molecule has 1 N–H and O–H groups in total. The van der Waals surface area contributed by atoms with Crippen molar-refractivity contribution in [2.24, 2.45) is 0 Å². The summed E-state index contributed by atoms with van der Waals surface area (Å²) >= 11 is 3.49. The fraction of sp³-hybridized carbons (Fsp3) is 0.562. The number of nitrogens with zero attached hydrogens (tertiary/aromatic N) is 1. The number of carbonyl (C=O) groups is 1. The SMILES string of the molecule is CC(N[C@H](C)c1cccc(Br)c1)C(=O)N1CCCCC1. The van der Waals surface area contributed by atoms with Crippen molar-refractivity contribution < 1.29 is 4.79 Å². The van der Waals surface area contributed by atoms with Crippen LogP contribution in [0.25, 0.3) is 0 Å². The van der Waals surface area contributed by atoms with Crippen molar-refractivity contribution in [1.82, 2.24) is 10.2 Å². The first-order chi connectivity index (χ1) is 9.58. The van der Waals surface area contributed by atoms with Crippen LogP contribution in [-0.2, 0) is 4.79 Å². The average molecular weight is 339 g/mol. The summed E-state index contributed by atoms with van der Waals surface area (Å²) in [6.07, 6.45) is 3.53. The summed E-state index contributed by atoms with van der Waals surface area (Å²) in [6.45, 7) is 5.89. The van der Waals surface area contributed by atoms with E-state index in [4.69, 9.17) is 0 Å². The number of nitrogens with one attached hydrogen (secondary N) is 1. The van der Waals surface area contributed by atoms with E-state index in [-0.39, 0.29) is 18.0 Å². The van der Waals surface area contributed by atoms with Gasteiger partial charge in [0.1, 0.15) is 0 Å². The van der Waals surface area contributed by atoms with Crippen LogP contribution in [0.1, 0.15) is 44.7 Å². The third kappa shape index (κ3) is 4.06. The number of likely N-dealkylation sites (tertiary alicyclic amines) is 1. The monoisotopic (exact) mass is 338 g/mol. The second-order valence-corrected chi connectivity index (χ2v) is 6.47. The number of carbonyl (C=O) groups excluding carboxylic acids is 1. The molecule has 0 aliphatic carbocycles. The summed E-state index contributed by atoms with van der Waals surface area (Å²) in [7, 11) is 0. The van der Waals surface area contributed by atoms with Gasteiger partial charge in [0.05, 0.1) is 6.04 Å². The normalized spacial score (nSPS) is 18.6. The van der Waals surface area contributed by atoms with Crippen LogP contribution < -0.4 is 5.32 Å². The van der Waals surface area contributed by atoms with Crippen molar-refractivity contribution >= 4 is 21.8 Å². The van der Waals surface area contributed by atoms with E-state index in [1.165, 1.54) is 12.0 Å². The van der Waals surface area contributed by atoms with Crippen LogP contribution in [0.4, 0.5) is 0 Å². The van der Waals surface area contributed by atoms with Crippen molar-refractivity contribution in [2.45, 2.75) is 45.2 Å². The van der Waals surface area contributed by atoms with Crippen molar-refractivity contribution in [3.05, 3.63) is 34.3 Å². The first-order valence-corrected chi connectivity index (χ1v) is 8.17. The van der Waals surface area contributed by atoms with Crippen LogP contribution in [0.3, 0.4) is 0 Å². The third-order valence-electron chi connectivity index (χ3n) is 3.89. The predicted molar refractivity (Wildman–Crippen MR) is 85.6 cm³/mol. The molecule has 3 nitrogen and oxygen atoms in total. The Kier molecular flexibility index (Phi) is 5.61. The maximum absolute atomic E-state index is 12.4. The minimum Gasteiger partial charge on any atom is -0.341 e. The number of benzene rings is 1. The number of amides is 1. The van der Waals surface area contributed by atoms with Gasteiger partial charge < -0.3 is 4.90 Å². The van der Waals surface area contributed by atoms with Gasteiger partial charge in [-0.25, -0.2) is 0 Å². The van der Waals surface area contributed by atoms with Gasteiger partial charge in [-0.1, -0.05) is 28.1 Å². The summed E-state index contributed by atoms with van der Waals surface area (Å²) in [4.78, 5) is 14.4. The first-order valence-electron chi connectivity index (χ1n) is 7.38. The molecule has 2 rings (SSSR count). The summed E-state index contributed by atoms with van der Waals surface area (Å²) in [6, 6.07) is 8.24. The van der Waals surface area contributed by atoms with Gasteiger partial charge in [-0.05, 0) is 50.8 Å². The standard InChI is InChI=1S/C16H23BrN2O/c1-12(14-7-6-8-15(17)11-14)18-13(2)16(20)19-9-4-3-5-10-19/h6-8,11-13,18H,3-5,9-10H2,1-2H3/t12-,13?/m1/s1. The van der Waals surface area contributed by atoms with E-state index in [0.717, 1.165) is 30.4 Å². The van der Waals surface area contributed by atoms with Crippen LogP contribution in [0.5, 0.6) is 0 Å². The summed E-state index contributed by atoms with van der Waals surface area (Å²) in [5.74, 6) is 0.228. The van der Waals surface area contributed by atoms with Crippen LogP contribution in [0.2, 0.25) is 0 Å². The van der Waals surface area contributed by atoms with E-state index in [0.29, 0.717) is 0 Å². The highest BCUT2D eigenvalue weighted by Gasteiger charge is 2.23. The van der Waals surface area contributed by atoms with Crippen molar-refractivity contribution in [1.29, 1.82) is 0 Å². The third-order valence-corrected chi connectivity index (χ3v) is 4.38. The largest absolute Gasteiger partial charge is 0.341 e. The Morgan fingerprint density at radius 3 is 2.60 bits per heavy atom. The highest BCUT2D eigenvalue weighted by atomic mass is 79.9. The Labute approximate surface area is 129 Å². The molecule has 1 heterocycles. The Bertz CT molecular complexity index is 458. The smallest absolute Gasteiger partial charge is 0.239 e. The first kappa shape index (κ1) is 15.5. The Hall–Kier alpha value is -0.870. The Morgan fingerprint density at radius 2 is 1.95 bits per heavy atom. The summed E-state index contributed by atoms with van der Waals surface area (Å²) < 4.78 is 1.07. The van der Waals surface area contributed by atoms with Gasteiger partial charge >= 0.3 is 0 Å². The minimum atomic E-state index is -0.137. The molecule has 1 aliphatic heterocycles. The van der Waals surface area contributed by atoms with Crippen LogP contribution in [0.15, 0.2) is 28.7 Å². The molecule has 0 spiro atoms. The lowest BCUT2D eigenvalue weighted by molar-refractivity contribution is -0.134. The van der Waals surface area contributed by atoms with E-state index in [1.54, 1.807) is 0 Å².